The first-order valence-corrected chi connectivity index (χ1v) is 8.71. The van der Waals surface area contributed by atoms with Crippen molar-refractivity contribution in [3.05, 3.63) is 47.8 Å². The molecule has 1 aromatic carbocycles. The molecule has 1 saturated heterocycles. The van der Waals surface area contributed by atoms with Crippen molar-refractivity contribution in [2.24, 2.45) is 0 Å². The summed E-state index contributed by atoms with van der Waals surface area (Å²) in [5.74, 6) is 1.54. The summed E-state index contributed by atoms with van der Waals surface area (Å²) in [7, 11) is 5.47. The standard InChI is InChI=1S/C19H25N5O2/c1-22(2)19-20-12-15(13-21-19)14-23-8-10-24(11-9-23)18(25)16-4-6-17(26-3)7-5-16/h4-7,12-13H,8-11,14H2,1-3H3. The Kier molecular flexibility index (Phi) is 5.68. The van der Waals surface area contributed by atoms with Gasteiger partial charge in [-0.15, -0.1) is 0 Å². The highest BCUT2D eigenvalue weighted by molar-refractivity contribution is 5.94. The van der Waals surface area contributed by atoms with Gasteiger partial charge in [0.1, 0.15) is 5.75 Å². The predicted octanol–water partition coefficient (Wildman–Crippen LogP) is 1.51. The van der Waals surface area contributed by atoms with E-state index in [1.165, 1.54) is 0 Å². The van der Waals surface area contributed by atoms with Gasteiger partial charge in [0, 0.05) is 70.3 Å². The number of carbonyl (C=O) groups is 1. The van der Waals surface area contributed by atoms with Gasteiger partial charge in [0.2, 0.25) is 5.95 Å². The first kappa shape index (κ1) is 18.1. The number of piperazine rings is 1. The smallest absolute Gasteiger partial charge is 0.253 e. The summed E-state index contributed by atoms with van der Waals surface area (Å²) >= 11 is 0. The molecule has 0 N–H and O–H groups in total. The Bertz CT molecular complexity index is 723. The maximum atomic E-state index is 12.6. The van der Waals surface area contributed by atoms with Crippen molar-refractivity contribution in [2.75, 3.05) is 52.3 Å². The monoisotopic (exact) mass is 355 g/mol. The number of anilines is 1. The molecule has 0 aliphatic carbocycles. The minimum absolute atomic E-state index is 0.0750. The summed E-state index contributed by atoms with van der Waals surface area (Å²) in [5, 5.41) is 0. The van der Waals surface area contributed by atoms with Crippen molar-refractivity contribution >= 4 is 11.9 Å². The Hall–Kier alpha value is -2.67. The fraction of sp³-hybridized carbons (Fsp3) is 0.421. The normalized spacial score (nSPS) is 15.0. The third kappa shape index (κ3) is 4.29. The first-order chi connectivity index (χ1) is 12.6. The molecule has 7 nitrogen and oxygen atoms in total. The first-order valence-electron chi connectivity index (χ1n) is 8.71. The molecule has 3 rings (SSSR count). The number of rotatable bonds is 5. The van der Waals surface area contributed by atoms with E-state index in [2.05, 4.69) is 14.9 Å². The molecule has 1 amide bonds. The minimum Gasteiger partial charge on any atom is -0.497 e. The van der Waals surface area contributed by atoms with E-state index in [1.54, 1.807) is 7.11 Å². The third-order valence-electron chi connectivity index (χ3n) is 4.49. The highest BCUT2D eigenvalue weighted by Gasteiger charge is 2.22. The lowest BCUT2D eigenvalue weighted by Crippen LogP contribution is -2.48. The highest BCUT2D eigenvalue weighted by atomic mass is 16.5. The summed E-state index contributed by atoms with van der Waals surface area (Å²) in [4.78, 5) is 27.4. The molecular weight excluding hydrogens is 330 g/mol. The SMILES string of the molecule is COc1ccc(C(=O)N2CCN(Cc3cnc(N(C)C)nc3)CC2)cc1. The summed E-state index contributed by atoms with van der Waals surface area (Å²) < 4.78 is 5.14. The van der Waals surface area contributed by atoms with Crippen LogP contribution >= 0.6 is 0 Å². The summed E-state index contributed by atoms with van der Waals surface area (Å²) in [6.45, 7) is 3.94. The molecule has 138 valence electrons. The number of benzene rings is 1. The quantitative estimate of drug-likeness (QED) is 0.810. The van der Waals surface area contributed by atoms with E-state index in [0.29, 0.717) is 11.5 Å². The number of methoxy groups -OCH3 is 1. The van der Waals surface area contributed by atoms with Crippen LogP contribution in [-0.4, -0.2) is 73.1 Å². The van der Waals surface area contributed by atoms with Crippen LogP contribution in [0.4, 0.5) is 5.95 Å². The fourth-order valence-corrected chi connectivity index (χ4v) is 2.94. The van der Waals surface area contributed by atoms with Gasteiger partial charge in [-0.25, -0.2) is 9.97 Å². The molecule has 7 heteroatoms. The Morgan fingerprint density at radius 1 is 1.08 bits per heavy atom. The number of ether oxygens (including phenoxy) is 1. The van der Waals surface area contributed by atoms with Crippen LogP contribution in [0, 0.1) is 0 Å². The maximum absolute atomic E-state index is 12.6. The predicted molar refractivity (Wildman–Crippen MR) is 101 cm³/mol. The van der Waals surface area contributed by atoms with Gasteiger partial charge >= 0.3 is 0 Å². The number of hydrogen-bond acceptors (Lipinski definition) is 6. The second-order valence-electron chi connectivity index (χ2n) is 6.58. The van der Waals surface area contributed by atoms with Crippen LogP contribution in [0.25, 0.3) is 0 Å². The van der Waals surface area contributed by atoms with Crippen LogP contribution in [0.3, 0.4) is 0 Å². The van der Waals surface area contributed by atoms with E-state index >= 15 is 0 Å². The van der Waals surface area contributed by atoms with Gasteiger partial charge < -0.3 is 14.5 Å². The van der Waals surface area contributed by atoms with Gasteiger partial charge in [-0.3, -0.25) is 9.69 Å². The molecule has 26 heavy (non-hydrogen) atoms. The lowest BCUT2D eigenvalue weighted by Gasteiger charge is -2.34. The molecule has 2 aromatic rings. The second kappa shape index (κ2) is 8.14. The molecule has 1 aliphatic heterocycles. The molecule has 1 aromatic heterocycles. The average Bonchev–Trinajstić information content (AvgIpc) is 2.68. The Balaban J connectivity index is 1.52. The summed E-state index contributed by atoms with van der Waals surface area (Å²) in [6.07, 6.45) is 3.74. The van der Waals surface area contributed by atoms with Crippen LogP contribution in [0.1, 0.15) is 15.9 Å². The van der Waals surface area contributed by atoms with Crippen LogP contribution in [0.5, 0.6) is 5.75 Å². The molecule has 0 radical (unpaired) electrons. The van der Waals surface area contributed by atoms with Crippen molar-refractivity contribution in [3.8, 4) is 5.75 Å². The highest BCUT2D eigenvalue weighted by Crippen LogP contribution is 2.15. The minimum atomic E-state index is 0.0750. The van der Waals surface area contributed by atoms with E-state index in [0.717, 1.165) is 44.0 Å². The molecule has 1 fully saturated rings. The van der Waals surface area contributed by atoms with E-state index in [1.807, 2.05) is 60.6 Å². The number of nitrogens with zero attached hydrogens (tertiary/aromatic N) is 5. The Morgan fingerprint density at radius 2 is 1.69 bits per heavy atom. The largest absolute Gasteiger partial charge is 0.497 e. The van der Waals surface area contributed by atoms with E-state index < -0.39 is 0 Å². The van der Waals surface area contributed by atoms with Crippen LogP contribution in [-0.2, 0) is 6.54 Å². The molecule has 0 atom stereocenters. The van der Waals surface area contributed by atoms with E-state index in [4.69, 9.17) is 4.74 Å². The van der Waals surface area contributed by atoms with Crippen molar-refractivity contribution in [1.82, 2.24) is 19.8 Å². The van der Waals surface area contributed by atoms with Gasteiger partial charge in [0.15, 0.2) is 0 Å². The fourth-order valence-electron chi connectivity index (χ4n) is 2.94. The zero-order valence-electron chi connectivity index (χ0n) is 15.6. The van der Waals surface area contributed by atoms with Gasteiger partial charge in [0.05, 0.1) is 7.11 Å². The van der Waals surface area contributed by atoms with Crippen LogP contribution in [0.15, 0.2) is 36.7 Å². The molecule has 2 heterocycles. The number of carbonyl (C=O) groups excluding carboxylic acids is 1. The Morgan fingerprint density at radius 3 is 2.23 bits per heavy atom. The van der Waals surface area contributed by atoms with Crippen molar-refractivity contribution < 1.29 is 9.53 Å². The number of aromatic nitrogens is 2. The van der Waals surface area contributed by atoms with Crippen LogP contribution < -0.4 is 9.64 Å². The van der Waals surface area contributed by atoms with Gasteiger partial charge in [-0.05, 0) is 24.3 Å². The van der Waals surface area contributed by atoms with Gasteiger partial charge in [-0.1, -0.05) is 0 Å². The molecule has 0 saturated carbocycles. The van der Waals surface area contributed by atoms with Crippen molar-refractivity contribution in [1.29, 1.82) is 0 Å². The van der Waals surface area contributed by atoms with Gasteiger partial charge in [-0.2, -0.15) is 0 Å². The molecule has 0 unspecified atom stereocenters. The van der Waals surface area contributed by atoms with E-state index in [9.17, 15) is 4.79 Å². The average molecular weight is 355 g/mol. The lowest BCUT2D eigenvalue weighted by molar-refractivity contribution is 0.0628. The topological polar surface area (TPSA) is 61.8 Å². The molecule has 0 spiro atoms. The molecule has 1 aliphatic rings. The summed E-state index contributed by atoms with van der Waals surface area (Å²) in [5.41, 5.74) is 1.79. The van der Waals surface area contributed by atoms with Crippen LogP contribution in [0.2, 0.25) is 0 Å². The van der Waals surface area contributed by atoms with Crippen molar-refractivity contribution in [3.63, 3.8) is 0 Å². The summed E-state index contributed by atoms with van der Waals surface area (Å²) in [6, 6.07) is 7.27. The number of amides is 1. The second-order valence-corrected chi connectivity index (χ2v) is 6.58. The zero-order chi connectivity index (χ0) is 18.5. The van der Waals surface area contributed by atoms with E-state index in [-0.39, 0.29) is 5.91 Å². The Labute approximate surface area is 154 Å². The third-order valence-corrected chi connectivity index (χ3v) is 4.49. The maximum Gasteiger partial charge on any atom is 0.253 e. The molecular formula is C19H25N5O2. The molecule has 0 bridgehead atoms. The van der Waals surface area contributed by atoms with Gasteiger partial charge in [0.25, 0.3) is 5.91 Å². The zero-order valence-corrected chi connectivity index (χ0v) is 15.6. The van der Waals surface area contributed by atoms with Crippen molar-refractivity contribution in [2.45, 2.75) is 6.54 Å². The number of hydrogen-bond donors (Lipinski definition) is 0. The lowest BCUT2D eigenvalue weighted by atomic mass is 10.1.